The molecular formula is C11H17ClN2S. The van der Waals surface area contributed by atoms with Crippen molar-refractivity contribution in [3.05, 3.63) is 16.5 Å². The molecule has 2 unspecified atom stereocenters. The minimum Gasteiger partial charge on any atom is -0.362 e. The summed E-state index contributed by atoms with van der Waals surface area (Å²) in [4.78, 5) is 2.29. The van der Waals surface area contributed by atoms with E-state index in [1.54, 1.807) is 11.3 Å². The lowest BCUT2D eigenvalue weighted by Gasteiger charge is -2.36. The second-order valence-electron chi connectivity index (χ2n) is 4.20. The van der Waals surface area contributed by atoms with Crippen LogP contribution in [0.15, 0.2) is 12.1 Å². The summed E-state index contributed by atoms with van der Waals surface area (Å²) in [5.74, 6) is 0. The van der Waals surface area contributed by atoms with Crippen LogP contribution in [0.4, 0.5) is 5.00 Å². The van der Waals surface area contributed by atoms with Gasteiger partial charge in [-0.15, -0.1) is 11.3 Å². The first-order valence-corrected chi connectivity index (χ1v) is 6.61. The minimum absolute atomic E-state index is 0.310. The van der Waals surface area contributed by atoms with Gasteiger partial charge in [-0.25, -0.2) is 0 Å². The molecule has 1 aromatic rings. The first-order chi connectivity index (χ1) is 7.18. The summed E-state index contributed by atoms with van der Waals surface area (Å²) >= 11 is 7.57. The summed E-state index contributed by atoms with van der Waals surface area (Å²) in [5, 5.41) is 1.22. The average molecular weight is 245 g/mol. The number of thiophene rings is 1. The molecule has 0 radical (unpaired) electrons. The van der Waals surface area contributed by atoms with Gasteiger partial charge in [-0.2, -0.15) is 0 Å². The third-order valence-electron chi connectivity index (χ3n) is 3.19. The molecule has 0 aromatic carbocycles. The van der Waals surface area contributed by atoms with Gasteiger partial charge in [0.15, 0.2) is 0 Å². The molecule has 0 spiro atoms. The summed E-state index contributed by atoms with van der Waals surface area (Å²) in [6.07, 6.45) is 4.92. The molecule has 1 aliphatic carbocycles. The standard InChI is InChI=1S/C11H17ClN2S/c1-14(11-7-6-10(12)15-11)9-5-3-2-4-8(9)13/h6-9H,2-5,13H2,1H3. The van der Waals surface area contributed by atoms with E-state index in [1.165, 1.54) is 24.3 Å². The van der Waals surface area contributed by atoms with E-state index in [-0.39, 0.29) is 0 Å². The molecule has 1 aliphatic rings. The van der Waals surface area contributed by atoms with Crippen molar-refractivity contribution in [1.82, 2.24) is 0 Å². The smallest absolute Gasteiger partial charge is 0.0950 e. The highest BCUT2D eigenvalue weighted by Crippen LogP contribution is 2.32. The summed E-state index contributed by atoms with van der Waals surface area (Å²) in [6.45, 7) is 0. The van der Waals surface area contributed by atoms with Crippen molar-refractivity contribution in [1.29, 1.82) is 0 Å². The normalized spacial score (nSPS) is 26.6. The number of rotatable bonds is 2. The van der Waals surface area contributed by atoms with Crippen molar-refractivity contribution in [2.24, 2.45) is 5.73 Å². The Balaban J connectivity index is 2.09. The van der Waals surface area contributed by atoms with E-state index in [4.69, 9.17) is 17.3 Å². The molecule has 0 bridgehead atoms. The third-order valence-corrected chi connectivity index (χ3v) is 4.51. The van der Waals surface area contributed by atoms with Gasteiger partial charge in [-0.05, 0) is 25.0 Å². The van der Waals surface area contributed by atoms with Crippen LogP contribution in [-0.4, -0.2) is 19.1 Å². The summed E-state index contributed by atoms with van der Waals surface area (Å²) in [6, 6.07) is 4.82. The lowest BCUT2D eigenvalue weighted by atomic mass is 9.90. The van der Waals surface area contributed by atoms with Gasteiger partial charge in [0.1, 0.15) is 0 Å². The van der Waals surface area contributed by atoms with Crippen LogP contribution in [0.25, 0.3) is 0 Å². The fourth-order valence-corrected chi connectivity index (χ4v) is 3.33. The van der Waals surface area contributed by atoms with Crippen LogP contribution in [0.2, 0.25) is 4.34 Å². The molecule has 1 saturated carbocycles. The summed E-state index contributed by atoms with van der Waals surface area (Å²) < 4.78 is 0.848. The Kier molecular flexibility index (Phi) is 3.54. The zero-order valence-corrected chi connectivity index (χ0v) is 10.5. The second-order valence-corrected chi connectivity index (χ2v) is 5.90. The van der Waals surface area contributed by atoms with E-state index in [0.29, 0.717) is 12.1 Å². The maximum atomic E-state index is 6.15. The molecule has 2 rings (SSSR count). The maximum absolute atomic E-state index is 6.15. The lowest BCUT2D eigenvalue weighted by molar-refractivity contribution is 0.374. The number of likely N-dealkylation sites (N-methyl/N-ethyl adjacent to an activating group) is 1. The molecule has 84 valence electrons. The van der Waals surface area contributed by atoms with Gasteiger partial charge in [0.2, 0.25) is 0 Å². The van der Waals surface area contributed by atoms with E-state index < -0.39 is 0 Å². The van der Waals surface area contributed by atoms with E-state index in [2.05, 4.69) is 18.0 Å². The van der Waals surface area contributed by atoms with Crippen molar-refractivity contribution < 1.29 is 0 Å². The molecule has 2 N–H and O–H groups in total. The number of halogens is 1. The van der Waals surface area contributed by atoms with Crippen LogP contribution in [-0.2, 0) is 0 Å². The van der Waals surface area contributed by atoms with E-state index in [9.17, 15) is 0 Å². The Morgan fingerprint density at radius 1 is 1.40 bits per heavy atom. The summed E-state index contributed by atoms with van der Waals surface area (Å²) in [5.41, 5.74) is 6.15. The largest absolute Gasteiger partial charge is 0.362 e. The number of hydrogen-bond donors (Lipinski definition) is 1. The molecule has 1 aromatic heterocycles. The number of nitrogens with zero attached hydrogens (tertiary/aromatic N) is 1. The Hall–Kier alpha value is -0.250. The van der Waals surface area contributed by atoms with Crippen molar-refractivity contribution in [3.8, 4) is 0 Å². The van der Waals surface area contributed by atoms with Crippen molar-refractivity contribution in [2.45, 2.75) is 37.8 Å². The van der Waals surface area contributed by atoms with Gasteiger partial charge >= 0.3 is 0 Å². The van der Waals surface area contributed by atoms with Crippen molar-refractivity contribution >= 4 is 27.9 Å². The highest BCUT2D eigenvalue weighted by atomic mass is 35.5. The van der Waals surface area contributed by atoms with Crippen molar-refractivity contribution in [3.63, 3.8) is 0 Å². The average Bonchev–Trinajstić information content (AvgIpc) is 2.65. The SMILES string of the molecule is CN(c1ccc(Cl)s1)C1CCCCC1N. The number of hydrogen-bond acceptors (Lipinski definition) is 3. The molecule has 15 heavy (non-hydrogen) atoms. The Morgan fingerprint density at radius 2 is 2.13 bits per heavy atom. The van der Waals surface area contributed by atoms with Crippen LogP contribution in [0, 0.1) is 0 Å². The quantitative estimate of drug-likeness (QED) is 0.866. The van der Waals surface area contributed by atoms with E-state index in [1.807, 2.05) is 6.07 Å². The molecule has 2 nitrogen and oxygen atoms in total. The predicted molar refractivity (Wildman–Crippen MR) is 68.0 cm³/mol. The topological polar surface area (TPSA) is 29.3 Å². The van der Waals surface area contributed by atoms with Gasteiger partial charge in [-0.3, -0.25) is 0 Å². The zero-order valence-electron chi connectivity index (χ0n) is 8.95. The highest BCUT2D eigenvalue weighted by Gasteiger charge is 2.26. The van der Waals surface area contributed by atoms with Gasteiger partial charge in [0.25, 0.3) is 0 Å². The Labute approximate surface area is 100 Å². The van der Waals surface area contributed by atoms with Gasteiger partial charge in [0, 0.05) is 19.1 Å². The Bertz CT molecular complexity index is 326. The fraction of sp³-hybridized carbons (Fsp3) is 0.636. The molecule has 2 atom stereocenters. The first kappa shape index (κ1) is 11.2. The monoisotopic (exact) mass is 244 g/mol. The highest BCUT2D eigenvalue weighted by molar-refractivity contribution is 7.19. The first-order valence-electron chi connectivity index (χ1n) is 5.42. The Morgan fingerprint density at radius 3 is 2.73 bits per heavy atom. The van der Waals surface area contributed by atoms with Crippen LogP contribution in [0.3, 0.4) is 0 Å². The van der Waals surface area contributed by atoms with Gasteiger partial charge in [-0.1, -0.05) is 24.4 Å². The molecule has 4 heteroatoms. The molecular weight excluding hydrogens is 228 g/mol. The molecule has 0 aliphatic heterocycles. The van der Waals surface area contributed by atoms with Gasteiger partial charge in [0.05, 0.1) is 9.34 Å². The minimum atomic E-state index is 0.310. The van der Waals surface area contributed by atoms with E-state index in [0.717, 1.165) is 10.8 Å². The number of anilines is 1. The maximum Gasteiger partial charge on any atom is 0.0950 e. The van der Waals surface area contributed by atoms with Crippen LogP contribution >= 0.6 is 22.9 Å². The third kappa shape index (κ3) is 2.47. The van der Waals surface area contributed by atoms with Gasteiger partial charge < -0.3 is 10.6 Å². The summed E-state index contributed by atoms with van der Waals surface area (Å²) in [7, 11) is 2.12. The van der Waals surface area contributed by atoms with Crippen molar-refractivity contribution in [2.75, 3.05) is 11.9 Å². The predicted octanol–water partition coefficient (Wildman–Crippen LogP) is 3.11. The van der Waals surface area contributed by atoms with Crippen LogP contribution < -0.4 is 10.6 Å². The molecule has 0 saturated heterocycles. The lowest BCUT2D eigenvalue weighted by Crippen LogP contribution is -2.47. The number of nitrogens with two attached hydrogens (primary N) is 1. The van der Waals surface area contributed by atoms with Crippen LogP contribution in [0.5, 0.6) is 0 Å². The zero-order chi connectivity index (χ0) is 10.8. The molecule has 1 fully saturated rings. The molecule has 0 amide bonds. The van der Waals surface area contributed by atoms with E-state index >= 15 is 0 Å². The van der Waals surface area contributed by atoms with Crippen LogP contribution in [0.1, 0.15) is 25.7 Å². The fourth-order valence-electron chi connectivity index (χ4n) is 2.28. The molecule has 1 heterocycles. The second kappa shape index (κ2) is 4.73.